The molecule has 242 valence electrons. The van der Waals surface area contributed by atoms with E-state index in [1.807, 2.05) is 13.8 Å². The van der Waals surface area contributed by atoms with Crippen LogP contribution in [0.1, 0.15) is 124 Å². The SMILES string of the molecule is CCCCc1ccc(C(=O)NNC(=O)C(CCC)CCC(CCC)C(=O)NNC(=O)c2ccc(CCCC)cc2O)c(O)c1. The monoisotopic (exact) mass is 610 g/mol. The van der Waals surface area contributed by atoms with E-state index in [-0.39, 0.29) is 34.4 Å². The van der Waals surface area contributed by atoms with Crippen LogP contribution in [-0.2, 0) is 22.4 Å². The van der Waals surface area contributed by atoms with Crippen LogP contribution in [-0.4, -0.2) is 33.8 Å². The summed E-state index contributed by atoms with van der Waals surface area (Å²) in [5, 5.41) is 20.6. The number of benzene rings is 2. The van der Waals surface area contributed by atoms with Crippen LogP contribution >= 0.6 is 0 Å². The number of carbonyl (C=O) groups excluding carboxylic acids is 4. The number of phenolic OH excluding ortho intramolecular Hbond substituents is 2. The Kier molecular flexibility index (Phi) is 15.8. The third-order valence-electron chi connectivity index (χ3n) is 7.73. The van der Waals surface area contributed by atoms with E-state index in [9.17, 15) is 29.4 Å². The summed E-state index contributed by atoms with van der Waals surface area (Å²) in [4.78, 5) is 51.2. The second kappa shape index (κ2) is 19.2. The summed E-state index contributed by atoms with van der Waals surface area (Å²) < 4.78 is 0. The molecule has 6 N–H and O–H groups in total. The second-order valence-corrected chi connectivity index (χ2v) is 11.3. The predicted molar refractivity (Wildman–Crippen MR) is 171 cm³/mol. The summed E-state index contributed by atoms with van der Waals surface area (Å²) >= 11 is 0. The minimum absolute atomic E-state index is 0.0695. The Morgan fingerprint density at radius 2 is 0.955 bits per heavy atom. The number of carbonyl (C=O) groups is 4. The van der Waals surface area contributed by atoms with Gasteiger partial charge < -0.3 is 10.2 Å². The number of aromatic hydroxyl groups is 2. The number of hydrogen-bond acceptors (Lipinski definition) is 6. The Bertz CT molecular complexity index is 1150. The van der Waals surface area contributed by atoms with Gasteiger partial charge in [-0.1, -0.05) is 65.5 Å². The molecule has 0 fully saturated rings. The first-order chi connectivity index (χ1) is 21.1. The number of aryl methyl sites for hydroxylation is 2. The fourth-order valence-electron chi connectivity index (χ4n) is 5.10. The summed E-state index contributed by atoms with van der Waals surface area (Å²) in [6.45, 7) is 8.07. The van der Waals surface area contributed by atoms with Crippen LogP contribution in [0.15, 0.2) is 36.4 Å². The zero-order valence-corrected chi connectivity index (χ0v) is 26.6. The van der Waals surface area contributed by atoms with Gasteiger partial charge in [-0.3, -0.25) is 40.9 Å². The van der Waals surface area contributed by atoms with Crippen LogP contribution in [0.3, 0.4) is 0 Å². The van der Waals surface area contributed by atoms with Crippen molar-refractivity contribution in [1.29, 1.82) is 0 Å². The van der Waals surface area contributed by atoms with Crippen LogP contribution in [0.25, 0.3) is 0 Å². The molecule has 2 aromatic rings. The van der Waals surface area contributed by atoms with Crippen molar-refractivity contribution in [3.05, 3.63) is 58.7 Å². The van der Waals surface area contributed by atoms with Crippen LogP contribution in [0.5, 0.6) is 11.5 Å². The molecule has 2 atom stereocenters. The van der Waals surface area contributed by atoms with Crippen LogP contribution in [0.4, 0.5) is 0 Å². The maximum absolute atomic E-state index is 13.0. The number of phenols is 2. The standard InChI is InChI=1S/C34H50N4O6/c1-5-9-13-23-15-19-27(29(39)21-23)33(43)37-35-31(41)25(11-7-3)17-18-26(12-8-4)32(42)36-38-34(44)28-20-16-24(14-10-6-2)22-30(28)40/h15-16,19-22,25-26,39-40H,5-14,17-18H2,1-4H3,(H,35,41)(H,36,42)(H,37,43)(H,38,44). The molecule has 0 spiro atoms. The van der Waals surface area contributed by atoms with E-state index in [0.29, 0.717) is 25.7 Å². The summed E-state index contributed by atoms with van der Waals surface area (Å²) in [5.74, 6) is -3.17. The van der Waals surface area contributed by atoms with Crippen molar-refractivity contribution in [2.24, 2.45) is 11.8 Å². The Labute approximate surface area is 261 Å². The Morgan fingerprint density at radius 3 is 1.27 bits per heavy atom. The number of unbranched alkanes of at least 4 members (excludes halogenated alkanes) is 2. The number of hydrazine groups is 2. The zero-order chi connectivity index (χ0) is 32.5. The largest absolute Gasteiger partial charge is 0.507 e. The molecule has 10 heteroatoms. The number of nitrogens with one attached hydrogen (secondary N) is 4. The van der Waals surface area contributed by atoms with Crippen LogP contribution in [0, 0.1) is 11.8 Å². The first-order valence-corrected chi connectivity index (χ1v) is 16.0. The lowest BCUT2D eigenvalue weighted by Gasteiger charge is -2.21. The fourth-order valence-corrected chi connectivity index (χ4v) is 5.10. The minimum Gasteiger partial charge on any atom is -0.507 e. The summed E-state index contributed by atoms with van der Waals surface area (Å²) in [6, 6.07) is 9.81. The van der Waals surface area contributed by atoms with Crippen molar-refractivity contribution in [1.82, 2.24) is 21.7 Å². The Morgan fingerprint density at radius 1 is 0.568 bits per heavy atom. The Hall–Kier alpha value is -4.08. The molecule has 0 saturated heterocycles. The normalized spacial score (nSPS) is 12.2. The summed E-state index contributed by atoms with van der Waals surface area (Å²) in [5.41, 5.74) is 11.8. The molecule has 0 aromatic heterocycles. The molecule has 0 bridgehead atoms. The lowest BCUT2D eigenvalue weighted by atomic mass is 9.89. The molecule has 0 radical (unpaired) electrons. The maximum Gasteiger partial charge on any atom is 0.273 e. The topological polar surface area (TPSA) is 157 Å². The third-order valence-corrected chi connectivity index (χ3v) is 7.73. The average Bonchev–Trinajstić information content (AvgIpc) is 3.01. The lowest BCUT2D eigenvalue weighted by molar-refractivity contribution is -0.128. The average molecular weight is 611 g/mol. The molecule has 0 saturated carbocycles. The molecule has 0 aliphatic rings. The summed E-state index contributed by atoms with van der Waals surface area (Å²) in [7, 11) is 0. The van der Waals surface area contributed by atoms with E-state index in [4.69, 9.17) is 0 Å². The maximum atomic E-state index is 13.0. The van der Waals surface area contributed by atoms with E-state index in [2.05, 4.69) is 35.6 Å². The van der Waals surface area contributed by atoms with Gasteiger partial charge in [0.25, 0.3) is 11.8 Å². The number of amides is 4. The Balaban J connectivity index is 1.93. The van der Waals surface area contributed by atoms with Crippen LogP contribution in [0.2, 0.25) is 0 Å². The lowest BCUT2D eigenvalue weighted by Crippen LogP contribution is -2.46. The molecule has 10 nitrogen and oxygen atoms in total. The van der Waals surface area contributed by atoms with Crippen molar-refractivity contribution in [2.75, 3.05) is 0 Å². The molecule has 2 unspecified atom stereocenters. The molecule has 0 aliphatic carbocycles. The van der Waals surface area contributed by atoms with Gasteiger partial charge in [0, 0.05) is 11.8 Å². The molecular formula is C34H50N4O6. The first-order valence-electron chi connectivity index (χ1n) is 16.0. The second-order valence-electron chi connectivity index (χ2n) is 11.3. The van der Waals surface area contributed by atoms with Gasteiger partial charge in [0.15, 0.2) is 0 Å². The highest BCUT2D eigenvalue weighted by Crippen LogP contribution is 2.23. The smallest absolute Gasteiger partial charge is 0.273 e. The highest BCUT2D eigenvalue weighted by molar-refractivity contribution is 5.98. The van der Waals surface area contributed by atoms with Crippen molar-refractivity contribution in [3.8, 4) is 11.5 Å². The van der Waals surface area contributed by atoms with Gasteiger partial charge >= 0.3 is 0 Å². The summed E-state index contributed by atoms with van der Waals surface area (Å²) in [6.07, 6.45) is 9.00. The van der Waals surface area contributed by atoms with Crippen molar-refractivity contribution in [3.63, 3.8) is 0 Å². The van der Waals surface area contributed by atoms with E-state index in [0.717, 1.165) is 62.5 Å². The molecule has 2 aromatic carbocycles. The zero-order valence-electron chi connectivity index (χ0n) is 26.6. The minimum atomic E-state index is -0.617. The fraction of sp³-hybridized carbons (Fsp3) is 0.529. The molecule has 0 heterocycles. The van der Waals surface area contributed by atoms with Gasteiger partial charge in [0.2, 0.25) is 11.8 Å². The quantitative estimate of drug-likeness (QED) is 0.128. The van der Waals surface area contributed by atoms with Gasteiger partial charge in [0.1, 0.15) is 11.5 Å². The predicted octanol–water partition coefficient (Wildman–Crippen LogP) is 5.62. The highest BCUT2D eigenvalue weighted by atomic mass is 16.3. The molecule has 0 aliphatic heterocycles. The van der Waals surface area contributed by atoms with Gasteiger partial charge in [0.05, 0.1) is 11.1 Å². The van der Waals surface area contributed by atoms with Gasteiger partial charge in [-0.25, -0.2) is 0 Å². The van der Waals surface area contributed by atoms with E-state index < -0.39 is 23.7 Å². The van der Waals surface area contributed by atoms with Gasteiger partial charge in [-0.2, -0.15) is 0 Å². The molecule has 44 heavy (non-hydrogen) atoms. The third kappa shape index (κ3) is 11.5. The molecule has 2 rings (SSSR count). The van der Waals surface area contributed by atoms with Crippen molar-refractivity contribution < 1.29 is 29.4 Å². The van der Waals surface area contributed by atoms with E-state index in [1.54, 1.807) is 36.4 Å². The number of hydrogen-bond donors (Lipinski definition) is 6. The highest BCUT2D eigenvalue weighted by Gasteiger charge is 2.24. The first kappa shape index (κ1) is 36.1. The number of rotatable bonds is 17. The van der Waals surface area contributed by atoms with Gasteiger partial charge in [-0.15, -0.1) is 0 Å². The van der Waals surface area contributed by atoms with Crippen molar-refractivity contribution in [2.45, 2.75) is 105 Å². The molecule has 4 amide bonds. The van der Waals surface area contributed by atoms with Crippen LogP contribution < -0.4 is 21.7 Å². The van der Waals surface area contributed by atoms with Gasteiger partial charge in [-0.05, 0) is 86.8 Å². The van der Waals surface area contributed by atoms with E-state index >= 15 is 0 Å². The van der Waals surface area contributed by atoms with Crippen molar-refractivity contribution >= 4 is 23.6 Å². The van der Waals surface area contributed by atoms with E-state index in [1.165, 1.54) is 0 Å². The molecular weight excluding hydrogens is 560 g/mol.